The van der Waals surface area contributed by atoms with Crippen LogP contribution in [0.25, 0.3) is 0 Å². The maximum absolute atomic E-state index is 13.0. The fourth-order valence-corrected chi connectivity index (χ4v) is 4.53. The predicted octanol–water partition coefficient (Wildman–Crippen LogP) is 5.52. The lowest BCUT2D eigenvalue weighted by atomic mass is 9.85. The van der Waals surface area contributed by atoms with Crippen LogP contribution in [0.2, 0.25) is 10.0 Å². The number of ketones is 1. The quantitative estimate of drug-likeness (QED) is 0.685. The number of nitrogens with one attached hydrogen (secondary N) is 1. The molecule has 1 amide bonds. The van der Waals surface area contributed by atoms with E-state index in [-0.39, 0.29) is 11.7 Å². The summed E-state index contributed by atoms with van der Waals surface area (Å²) in [5.41, 5.74) is 3.48. The van der Waals surface area contributed by atoms with Crippen LogP contribution in [0.3, 0.4) is 0 Å². The summed E-state index contributed by atoms with van der Waals surface area (Å²) in [7, 11) is 0. The number of nitrogens with zero attached hydrogens (tertiary/aromatic N) is 1. The van der Waals surface area contributed by atoms with Crippen LogP contribution in [0.4, 0.5) is 11.4 Å². The molecule has 138 valence electrons. The standard InChI is InChI=1S/C21H18Cl2N2O2/c1-12(26)25-17-10-3-2-8-15(17)24-16-9-5-11-18(27)20(16)21(25)19-13(22)6-4-7-14(19)23/h2-4,6-8,10,21,24H,5,9,11H2,1H3/t21-/m1/s1. The van der Waals surface area contributed by atoms with E-state index in [0.717, 1.165) is 24.2 Å². The summed E-state index contributed by atoms with van der Waals surface area (Å²) < 4.78 is 0. The number of fused-ring (bicyclic) bond motifs is 1. The van der Waals surface area contributed by atoms with Crippen molar-refractivity contribution >= 4 is 46.3 Å². The van der Waals surface area contributed by atoms with Crippen LogP contribution in [0, 0.1) is 0 Å². The van der Waals surface area contributed by atoms with Crippen LogP contribution in [-0.2, 0) is 9.59 Å². The first-order valence-corrected chi connectivity index (χ1v) is 9.60. The van der Waals surface area contributed by atoms with Crippen molar-refractivity contribution in [3.8, 4) is 0 Å². The van der Waals surface area contributed by atoms with Gasteiger partial charge < -0.3 is 5.32 Å². The van der Waals surface area contributed by atoms with E-state index in [4.69, 9.17) is 23.2 Å². The molecule has 2 aromatic rings. The molecule has 1 atom stereocenters. The molecule has 0 aromatic heterocycles. The fraction of sp³-hybridized carbons (Fsp3) is 0.238. The van der Waals surface area contributed by atoms with E-state index in [1.54, 1.807) is 23.1 Å². The number of halogens is 2. The molecule has 2 aromatic carbocycles. The fourth-order valence-electron chi connectivity index (χ4n) is 3.93. The molecule has 0 spiro atoms. The van der Waals surface area contributed by atoms with E-state index in [9.17, 15) is 9.59 Å². The van der Waals surface area contributed by atoms with E-state index < -0.39 is 6.04 Å². The molecule has 1 aliphatic carbocycles. The third-order valence-corrected chi connectivity index (χ3v) is 5.71. The van der Waals surface area contributed by atoms with E-state index in [2.05, 4.69) is 5.32 Å². The van der Waals surface area contributed by atoms with Crippen LogP contribution in [0.1, 0.15) is 37.8 Å². The van der Waals surface area contributed by atoms with Crippen LogP contribution in [0.15, 0.2) is 53.7 Å². The monoisotopic (exact) mass is 400 g/mol. The number of carbonyl (C=O) groups excluding carboxylic acids is 2. The molecule has 0 bridgehead atoms. The van der Waals surface area contributed by atoms with Gasteiger partial charge in [-0.25, -0.2) is 0 Å². The Morgan fingerprint density at radius 3 is 2.48 bits per heavy atom. The van der Waals surface area contributed by atoms with Crippen LogP contribution >= 0.6 is 23.2 Å². The number of carbonyl (C=O) groups is 2. The molecule has 0 radical (unpaired) electrons. The second-order valence-corrected chi connectivity index (χ2v) is 7.55. The molecule has 0 saturated carbocycles. The van der Waals surface area contributed by atoms with Crippen molar-refractivity contribution in [1.29, 1.82) is 0 Å². The second-order valence-electron chi connectivity index (χ2n) is 6.74. The Morgan fingerprint density at radius 2 is 1.78 bits per heavy atom. The molecular formula is C21H18Cl2N2O2. The van der Waals surface area contributed by atoms with Gasteiger partial charge in [0.05, 0.1) is 17.4 Å². The number of hydrogen-bond donors (Lipinski definition) is 1. The van der Waals surface area contributed by atoms with Gasteiger partial charge >= 0.3 is 0 Å². The summed E-state index contributed by atoms with van der Waals surface area (Å²) in [6.07, 6.45) is 1.96. The van der Waals surface area contributed by atoms with E-state index >= 15 is 0 Å². The Hall–Kier alpha value is -2.30. The van der Waals surface area contributed by atoms with Gasteiger partial charge in [-0.05, 0) is 37.1 Å². The average Bonchev–Trinajstić information content (AvgIpc) is 2.76. The average molecular weight is 401 g/mol. The molecular weight excluding hydrogens is 383 g/mol. The van der Waals surface area contributed by atoms with Gasteiger partial charge in [0.1, 0.15) is 0 Å². The largest absolute Gasteiger partial charge is 0.357 e. The number of para-hydroxylation sites is 2. The Bertz CT molecular complexity index is 964. The molecule has 0 fully saturated rings. The van der Waals surface area contributed by atoms with Crippen molar-refractivity contribution in [2.24, 2.45) is 0 Å². The normalized spacial score (nSPS) is 19.1. The zero-order valence-corrected chi connectivity index (χ0v) is 16.3. The summed E-state index contributed by atoms with van der Waals surface area (Å²) in [6, 6.07) is 12.1. The zero-order valence-electron chi connectivity index (χ0n) is 14.8. The summed E-state index contributed by atoms with van der Waals surface area (Å²) in [6.45, 7) is 1.49. The highest BCUT2D eigenvalue weighted by Gasteiger charge is 2.40. The van der Waals surface area contributed by atoms with Crippen molar-refractivity contribution in [3.63, 3.8) is 0 Å². The number of amides is 1. The van der Waals surface area contributed by atoms with E-state index in [1.807, 2.05) is 24.3 Å². The van der Waals surface area contributed by atoms with Gasteiger partial charge in [0.2, 0.25) is 5.91 Å². The van der Waals surface area contributed by atoms with Crippen molar-refractivity contribution in [1.82, 2.24) is 0 Å². The first-order chi connectivity index (χ1) is 13.0. The maximum Gasteiger partial charge on any atom is 0.224 e. The minimum atomic E-state index is -0.664. The SMILES string of the molecule is CC(=O)N1c2ccccc2NC2=C(C(=O)CCC2)[C@H]1c1c(Cl)cccc1Cl. The highest BCUT2D eigenvalue weighted by atomic mass is 35.5. The van der Waals surface area contributed by atoms with Gasteiger partial charge in [0.15, 0.2) is 5.78 Å². The molecule has 27 heavy (non-hydrogen) atoms. The van der Waals surface area contributed by atoms with Crippen LogP contribution < -0.4 is 10.2 Å². The topological polar surface area (TPSA) is 49.4 Å². The lowest BCUT2D eigenvalue weighted by molar-refractivity contribution is -0.117. The number of anilines is 2. The molecule has 0 saturated heterocycles. The molecule has 1 heterocycles. The lowest BCUT2D eigenvalue weighted by Crippen LogP contribution is -2.36. The molecule has 4 rings (SSSR count). The molecule has 2 aliphatic rings. The zero-order chi connectivity index (χ0) is 19.1. The van der Waals surface area contributed by atoms with Crippen molar-refractivity contribution in [2.45, 2.75) is 32.2 Å². The summed E-state index contributed by atoms with van der Waals surface area (Å²) in [4.78, 5) is 27.4. The molecule has 6 heteroatoms. The summed E-state index contributed by atoms with van der Waals surface area (Å²) in [5, 5.41) is 4.26. The third-order valence-electron chi connectivity index (χ3n) is 5.05. The summed E-state index contributed by atoms with van der Waals surface area (Å²) >= 11 is 13.0. The minimum Gasteiger partial charge on any atom is -0.357 e. The van der Waals surface area contributed by atoms with Gasteiger partial charge in [-0.3, -0.25) is 14.5 Å². The molecule has 1 aliphatic heterocycles. The first-order valence-electron chi connectivity index (χ1n) is 8.85. The molecule has 1 N–H and O–H groups in total. The number of Topliss-reactive ketones (excluding diaryl/α,β-unsaturated/α-hetero) is 1. The Labute approximate surface area is 167 Å². The van der Waals surface area contributed by atoms with Gasteiger partial charge in [-0.15, -0.1) is 0 Å². The van der Waals surface area contributed by atoms with Gasteiger partial charge in [-0.1, -0.05) is 41.4 Å². The van der Waals surface area contributed by atoms with Crippen LogP contribution in [0.5, 0.6) is 0 Å². The number of allylic oxidation sites excluding steroid dienone is 1. The lowest BCUT2D eigenvalue weighted by Gasteiger charge is -2.34. The van der Waals surface area contributed by atoms with Crippen molar-refractivity contribution in [3.05, 3.63) is 69.3 Å². The maximum atomic E-state index is 13.0. The molecule has 4 nitrogen and oxygen atoms in total. The second kappa shape index (κ2) is 7.02. The van der Waals surface area contributed by atoms with Gasteiger partial charge in [-0.2, -0.15) is 0 Å². The van der Waals surface area contributed by atoms with Crippen LogP contribution in [-0.4, -0.2) is 11.7 Å². The number of hydrogen-bond acceptors (Lipinski definition) is 3. The Kier molecular flexibility index (Phi) is 4.70. The van der Waals surface area contributed by atoms with E-state index in [1.165, 1.54) is 6.92 Å². The van der Waals surface area contributed by atoms with E-state index in [0.29, 0.717) is 33.3 Å². The Balaban J connectivity index is 2.07. The third kappa shape index (κ3) is 3.03. The van der Waals surface area contributed by atoms with Gasteiger partial charge in [0, 0.05) is 40.2 Å². The van der Waals surface area contributed by atoms with Gasteiger partial charge in [0.25, 0.3) is 0 Å². The predicted molar refractivity (Wildman–Crippen MR) is 108 cm³/mol. The highest BCUT2D eigenvalue weighted by molar-refractivity contribution is 6.36. The Morgan fingerprint density at radius 1 is 1.07 bits per heavy atom. The number of rotatable bonds is 1. The first kappa shape index (κ1) is 18.1. The highest BCUT2D eigenvalue weighted by Crippen LogP contribution is 2.47. The molecule has 0 unspecified atom stereocenters. The van der Waals surface area contributed by atoms with Crippen molar-refractivity contribution in [2.75, 3.05) is 10.2 Å². The van der Waals surface area contributed by atoms with Crippen molar-refractivity contribution < 1.29 is 9.59 Å². The number of benzene rings is 2. The summed E-state index contributed by atoms with van der Waals surface area (Å²) in [5.74, 6) is -0.166. The smallest absolute Gasteiger partial charge is 0.224 e. The minimum absolute atomic E-state index is 0.0174.